The molecule has 0 unspecified atom stereocenters. The number of fused-ring (bicyclic) bond motifs is 1. The number of hydrogen-bond acceptors (Lipinski definition) is 4. The van der Waals surface area contributed by atoms with Crippen LogP contribution in [-0.4, -0.2) is 47.5 Å². The fourth-order valence-corrected chi connectivity index (χ4v) is 2.88. The molecule has 23 heavy (non-hydrogen) atoms. The van der Waals surface area contributed by atoms with Gasteiger partial charge in [0.15, 0.2) is 5.58 Å². The average molecular weight is 334 g/mol. The number of nitrogens with one attached hydrogen (secondary N) is 3. The van der Waals surface area contributed by atoms with Crippen LogP contribution in [0.5, 0.6) is 0 Å². The van der Waals surface area contributed by atoms with Gasteiger partial charge in [-0.25, -0.2) is 4.79 Å². The van der Waals surface area contributed by atoms with E-state index in [0.29, 0.717) is 30.8 Å². The second-order valence-corrected chi connectivity index (χ2v) is 5.84. The molecule has 2 heterocycles. The number of rotatable bonds is 3. The molecule has 1 aliphatic heterocycles. The fourth-order valence-electron chi connectivity index (χ4n) is 2.68. The van der Waals surface area contributed by atoms with E-state index in [-0.39, 0.29) is 22.8 Å². The molecular weight excluding hydrogens is 316 g/mol. The van der Waals surface area contributed by atoms with Crippen LogP contribution in [-0.2, 0) is 0 Å². The second-order valence-electron chi connectivity index (χ2n) is 5.47. The monoisotopic (exact) mass is 334 g/mol. The average Bonchev–Trinajstić information content (AvgIpc) is 3.12. The van der Waals surface area contributed by atoms with Crippen LogP contribution in [0.4, 0.5) is 4.79 Å². The van der Waals surface area contributed by atoms with E-state index < -0.39 is 0 Å². The van der Waals surface area contributed by atoms with Gasteiger partial charge in [0.1, 0.15) is 0 Å². The van der Waals surface area contributed by atoms with Gasteiger partial charge < -0.3 is 24.9 Å². The van der Waals surface area contributed by atoms with Gasteiger partial charge in [-0.05, 0) is 43.8 Å². The highest BCUT2D eigenvalue weighted by atomic mass is 32.1. The van der Waals surface area contributed by atoms with Crippen molar-refractivity contribution in [1.29, 1.82) is 0 Å². The summed E-state index contributed by atoms with van der Waals surface area (Å²) in [5.74, 6) is -0.183. The van der Waals surface area contributed by atoms with Crippen LogP contribution in [0, 0.1) is 4.84 Å². The van der Waals surface area contributed by atoms with E-state index in [1.54, 1.807) is 23.1 Å². The molecule has 2 aromatic rings. The van der Waals surface area contributed by atoms with Crippen LogP contribution in [0.15, 0.2) is 22.6 Å². The molecule has 0 spiro atoms. The zero-order valence-corrected chi connectivity index (χ0v) is 13.5. The minimum Gasteiger partial charge on any atom is -0.429 e. The maximum absolute atomic E-state index is 12.3. The molecule has 1 fully saturated rings. The van der Waals surface area contributed by atoms with Crippen LogP contribution in [0.2, 0.25) is 0 Å². The number of aromatic amines is 1. The predicted octanol–water partition coefficient (Wildman–Crippen LogP) is 2.02. The van der Waals surface area contributed by atoms with E-state index in [0.717, 1.165) is 11.9 Å². The van der Waals surface area contributed by atoms with Crippen molar-refractivity contribution in [3.63, 3.8) is 0 Å². The van der Waals surface area contributed by atoms with E-state index in [4.69, 9.17) is 16.6 Å². The zero-order chi connectivity index (χ0) is 16.4. The summed E-state index contributed by atoms with van der Waals surface area (Å²) in [6, 6.07) is 5.01. The van der Waals surface area contributed by atoms with Crippen LogP contribution < -0.4 is 10.6 Å². The summed E-state index contributed by atoms with van der Waals surface area (Å²) in [6.07, 6.45) is 0.746. The third-order valence-electron chi connectivity index (χ3n) is 3.82. The van der Waals surface area contributed by atoms with Crippen molar-refractivity contribution in [2.24, 2.45) is 0 Å². The molecule has 3 rings (SSSR count). The van der Waals surface area contributed by atoms with E-state index >= 15 is 0 Å². The Hall–Kier alpha value is -2.35. The Kier molecular flexibility index (Phi) is 4.33. The van der Waals surface area contributed by atoms with Crippen molar-refractivity contribution in [1.82, 2.24) is 20.5 Å². The molecule has 3 amide bonds. The Balaban J connectivity index is 1.64. The molecule has 1 aromatic heterocycles. The zero-order valence-electron chi connectivity index (χ0n) is 12.7. The highest BCUT2D eigenvalue weighted by Crippen LogP contribution is 2.16. The molecular formula is C15H18N4O3S. The highest BCUT2D eigenvalue weighted by molar-refractivity contribution is 7.71. The first kappa shape index (κ1) is 15.5. The molecule has 0 aliphatic carbocycles. The normalized spacial score (nSPS) is 17.4. The summed E-state index contributed by atoms with van der Waals surface area (Å²) in [7, 11) is 0. The molecule has 1 saturated heterocycles. The number of aromatic nitrogens is 1. The van der Waals surface area contributed by atoms with Gasteiger partial charge in [-0.1, -0.05) is 0 Å². The molecule has 122 valence electrons. The number of urea groups is 1. The van der Waals surface area contributed by atoms with Crippen LogP contribution in [0.25, 0.3) is 11.1 Å². The standard InChI is InChI=1S/C15H18N4O3S/c1-2-16-14(21)19-6-5-10(8-19)17-13(20)9-3-4-11-12(7-9)22-15(23)18-11/h3-4,7,10H,2,5-6,8H2,1H3,(H,16,21)(H,17,20)(H,18,23)/t10-/m0/s1. The smallest absolute Gasteiger partial charge is 0.317 e. The van der Waals surface area contributed by atoms with Gasteiger partial charge in [0.25, 0.3) is 10.7 Å². The van der Waals surface area contributed by atoms with Crippen molar-refractivity contribution in [3.8, 4) is 0 Å². The molecule has 3 N–H and O–H groups in total. The van der Waals surface area contributed by atoms with Gasteiger partial charge >= 0.3 is 6.03 Å². The maximum Gasteiger partial charge on any atom is 0.317 e. The number of nitrogens with zero attached hydrogens (tertiary/aromatic N) is 1. The van der Waals surface area contributed by atoms with Crippen LogP contribution in [0.1, 0.15) is 23.7 Å². The molecule has 1 atom stereocenters. The second kappa shape index (κ2) is 6.41. The van der Waals surface area contributed by atoms with Crippen molar-refractivity contribution >= 4 is 35.3 Å². The number of H-pyrrole nitrogens is 1. The topological polar surface area (TPSA) is 90.4 Å². The van der Waals surface area contributed by atoms with Crippen molar-refractivity contribution < 1.29 is 14.0 Å². The summed E-state index contributed by atoms with van der Waals surface area (Å²) < 4.78 is 5.32. The lowest BCUT2D eigenvalue weighted by atomic mass is 10.1. The van der Waals surface area contributed by atoms with Crippen molar-refractivity contribution in [2.45, 2.75) is 19.4 Å². The van der Waals surface area contributed by atoms with Gasteiger partial charge in [0.2, 0.25) is 0 Å². The molecule has 0 bridgehead atoms. The Morgan fingerprint density at radius 3 is 3.09 bits per heavy atom. The first-order chi connectivity index (χ1) is 11.1. The van der Waals surface area contributed by atoms with Gasteiger partial charge in [-0.15, -0.1) is 0 Å². The molecule has 7 nitrogen and oxygen atoms in total. The van der Waals surface area contributed by atoms with E-state index in [1.165, 1.54) is 0 Å². The van der Waals surface area contributed by atoms with Crippen LogP contribution >= 0.6 is 12.2 Å². The number of carbonyl (C=O) groups is 2. The highest BCUT2D eigenvalue weighted by Gasteiger charge is 2.27. The number of hydrogen-bond donors (Lipinski definition) is 3. The Morgan fingerprint density at radius 1 is 1.48 bits per heavy atom. The summed E-state index contributed by atoms with van der Waals surface area (Å²) >= 11 is 4.93. The molecule has 8 heteroatoms. The maximum atomic E-state index is 12.3. The van der Waals surface area contributed by atoms with Crippen LogP contribution in [0.3, 0.4) is 0 Å². The lowest BCUT2D eigenvalue weighted by Gasteiger charge is -2.17. The number of carbonyl (C=O) groups excluding carboxylic acids is 2. The summed E-state index contributed by atoms with van der Waals surface area (Å²) in [6.45, 7) is 3.63. The molecule has 0 saturated carbocycles. The summed E-state index contributed by atoms with van der Waals surface area (Å²) in [4.78, 5) is 29.0. The predicted molar refractivity (Wildman–Crippen MR) is 87.9 cm³/mol. The molecule has 1 aromatic carbocycles. The quantitative estimate of drug-likeness (QED) is 0.749. The first-order valence-corrected chi connectivity index (χ1v) is 7.94. The number of benzene rings is 1. The van der Waals surface area contributed by atoms with Gasteiger partial charge in [-0.3, -0.25) is 4.79 Å². The minimum absolute atomic E-state index is 0.0431. The SMILES string of the molecule is CCNC(=O)N1CC[C@H](NC(=O)c2ccc3[nH]c(=S)oc3c2)C1. The lowest BCUT2D eigenvalue weighted by Crippen LogP contribution is -2.42. The van der Waals surface area contributed by atoms with E-state index in [9.17, 15) is 9.59 Å². The van der Waals surface area contributed by atoms with E-state index in [2.05, 4.69) is 15.6 Å². The largest absolute Gasteiger partial charge is 0.429 e. The number of amides is 3. The molecule has 1 aliphatic rings. The van der Waals surface area contributed by atoms with E-state index in [1.807, 2.05) is 6.92 Å². The lowest BCUT2D eigenvalue weighted by molar-refractivity contribution is 0.0938. The Labute approximate surface area is 138 Å². The fraction of sp³-hybridized carbons (Fsp3) is 0.400. The third-order valence-corrected chi connectivity index (χ3v) is 4.01. The number of oxazole rings is 1. The minimum atomic E-state index is -0.183. The number of likely N-dealkylation sites (tertiary alicyclic amines) is 1. The summed E-state index contributed by atoms with van der Waals surface area (Å²) in [5.41, 5.74) is 1.82. The van der Waals surface area contributed by atoms with Gasteiger partial charge in [0.05, 0.1) is 5.52 Å². The Morgan fingerprint density at radius 2 is 2.30 bits per heavy atom. The van der Waals surface area contributed by atoms with Crippen molar-refractivity contribution in [3.05, 3.63) is 28.6 Å². The van der Waals surface area contributed by atoms with Gasteiger partial charge in [0, 0.05) is 31.2 Å². The summed E-state index contributed by atoms with van der Waals surface area (Å²) in [5, 5.41) is 5.72. The van der Waals surface area contributed by atoms with Gasteiger partial charge in [-0.2, -0.15) is 0 Å². The van der Waals surface area contributed by atoms with Crippen molar-refractivity contribution in [2.75, 3.05) is 19.6 Å². The third kappa shape index (κ3) is 3.37. The Bertz CT molecular complexity index is 797. The molecule has 0 radical (unpaired) electrons. The first-order valence-electron chi connectivity index (χ1n) is 7.53.